The Labute approximate surface area is 146 Å². The molecule has 0 radical (unpaired) electrons. The van der Waals surface area contributed by atoms with Crippen LogP contribution in [0.15, 0.2) is 48.5 Å². The van der Waals surface area contributed by atoms with Crippen LogP contribution >= 0.6 is 12.2 Å². The van der Waals surface area contributed by atoms with Gasteiger partial charge in [-0.3, -0.25) is 0 Å². The van der Waals surface area contributed by atoms with E-state index in [1.165, 1.54) is 12.1 Å². The van der Waals surface area contributed by atoms with Crippen molar-refractivity contribution in [2.24, 2.45) is 0 Å². The van der Waals surface area contributed by atoms with Gasteiger partial charge < -0.3 is 19.7 Å². The Hall–Kier alpha value is -2.34. The number of likely N-dealkylation sites (N-methyl/N-ethyl adjacent to an activating group) is 1. The monoisotopic (exact) mass is 346 g/mol. The normalized spacial score (nSPS) is 15.7. The first-order chi connectivity index (χ1) is 11.7. The predicted molar refractivity (Wildman–Crippen MR) is 96.2 cm³/mol. The summed E-state index contributed by atoms with van der Waals surface area (Å²) in [5.74, 6) is 1.25. The van der Waals surface area contributed by atoms with E-state index in [2.05, 4.69) is 5.32 Å². The van der Waals surface area contributed by atoms with Crippen LogP contribution in [0, 0.1) is 5.82 Å². The van der Waals surface area contributed by atoms with Gasteiger partial charge in [0.25, 0.3) is 0 Å². The molecule has 0 aromatic heterocycles. The van der Waals surface area contributed by atoms with E-state index in [9.17, 15) is 4.39 Å². The van der Waals surface area contributed by atoms with Gasteiger partial charge in [-0.1, -0.05) is 12.1 Å². The van der Waals surface area contributed by atoms with Gasteiger partial charge in [0, 0.05) is 12.2 Å². The van der Waals surface area contributed by atoms with Crippen LogP contribution in [0.5, 0.6) is 11.5 Å². The second-order valence-corrected chi connectivity index (χ2v) is 5.86. The predicted octanol–water partition coefficient (Wildman–Crippen LogP) is 3.68. The van der Waals surface area contributed by atoms with E-state index in [1.807, 2.05) is 36.1 Å². The van der Waals surface area contributed by atoms with E-state index >= 15 is 0 Å². The first kappa shape index (κ1) is 16.5. The van der Waals surface area contributed by atoms with E-state index in [0.29, 0.717) is 18.3 Å². The summed E-state index contributed by atoms with van der Waals surface area (Å²) < 4.78 is 24.7. The van der Waals surface area contributed by atoms with Gasteiger partial charge in [-0.2, -0.15) is 0 Å². The van der Waals surface area contributed by atoms with E-state index < -0.39 is 0 Å². The molecule has 0 fully saturated rings. The largest absolute Gasteiger partial charge is 0.486 e. The minimum atomic E-state index is -0.273. The van der Waals surface area contributed by atoms with Crippen LogP contribution in [0.3, 0.4) is 0 Å². The summed E-state index contributed by atoms with van der Waals surface area (Å²) in [5, 5.41) is 3.70. The number of hydrogen-bond acceptors (Lipinski definition) is 3. The Bertz CT molecular complexity index is 708. The molecule has 126 valence electrons. The second-order valence-electron chi connectivity index (χ2n) is 5.47. The summed E-state index contributed by atoms with van der Waals surface area (Å²) in [6.45, 7) is 3.84. The molecule has 0 saturated heterocycles. The van der Waals surface area contributed by atoms with E-state index in [1.54, 1.807) is 12.1 Å². The van der Waals surface area contributed by atoms with Gasteiger partial charge in [-0.15, -0.1) is 0 Å². The number of fused-ring (bicyclic) bond motifs is 1. The van der Waals surface area contributed by atoms with E-state index in [4.69, 9.17) is 21.7 Å². The Balaban J connectivity index is 1.60. The number of nitrogens with zero attached hydrogens (tertiary/aromatic N) is 1. The van der Waals surface area contributed by atoms with Crippen LogP contribution in [0.1, 0.15) is 6.92 Å². The summed E-state index contributed by atoms with van der Waals surface area (Å²) >= 11 is 5.46. The fourth-order valence-corrected chi connectivity index (χ4v) is 2.81. The molecule has 2 aromatic carbocycles. The average molecular weight is 346 g/mol. The summed E-state index contributed by atoms with van der Waals surface area (Å²) in [6, 6.07) is 13.7. The maximum Gasteiger partial charge on any atom is 0.173 e. The molecule has 2 aromatic rings. The molecule has 3 rings (SSSR count). The van der Waals surface area contributed by atoms with Crippen LogP contribution in [0.25, 0.3) is 0 Å². The Kier molecular flexibility index (Phi) is 5.15. The minimum absolute atomic E-state index is 0.104. The van der Waals surface area contributed by atoms with Gasteiger partial charge in [-0.25, -0.2) is 4.39 Å². The molecule has 6 heteroatoms. The SMILES string of the molecule is CCN(C[C@H]1COc2ccccc2O1)C(=S)Nc1ccc(F)cc1. The third kappa shape index (κ3) is 3.94. The zero-order valence-electron chi connectivity index (χ0n) is 13.4. The highest BCUT2D eigenvalue weighted by Gasteiger charge is 2.23. The number of rotatable bonds is 4. The number of ether oxygens (including phenoxy) is 2. The van der Waals surface area contributed by atoms with Crippen LogP contribution in [-0.2, 0) is 0 Å². The van der Waals surface area contributed by atoms with Crippen molar-refractivity contribution in [2.75, 3.05) is 25.0 Å². The molecule has 0 aliphatic carbocycles. The second kappa shape index (κ2) is 7.49. The highest BCUT2D eigenvalue weighted by molar-refractivity contribution is 7.80. The average Bonchev–Trinajstić information content (AvgIpc) is 2.61. The lowest BCUT2D eigenvalue weighted by atomic mass is 10.2. The molecule has 1 aliphatic heterocycles. The molecule has 1 atom stereocenters. The molecule has 0 amide bonds. The van der Waals surface area contributed by atoms with Crippen molar-refractivity contribution in [1.29, 1.82) is 0 Å². The minimum Gasteiger partial charge on any atom is -0.486 e. The number of benzene rings is 2. The Morgan fingerprint density at radius 3 is 2.62 bits per heavy atom. The van der Waals surface area contributed by atoms with Gasteiger partial charge in [0.2, 0.25) is 0 Å². The smallest absolute Gasteiger partial charge is 0.173 e. The fraction of sp³-hybridized carbons (Fsp3) is 0.278. The number of hydrogen-bond donors (Lipinski definition) is 1. The molecule has 4 nitrogen and oxygen atoms in total. The van der Waals surface area contributed by atoms with Crippen molar-refractivity contribution in [3.63, 3.8) is 0 Å². The molecule has 1 heterocycles. The molecule has 1 aliphatic rings. The highest BCUT2D eigenvalue weighted by atomic mass is 32.1. The zero-order valence-corrected chi connectivity index (χ0v) is 14.2. The molecule has 1 N–H and O–H groups in total. The summed E-state index contributed by atoms with van der Waals surface area (Å²) in [4.78, 5) is 2.00. The van der Waals surface area contributed by atoms with Gasteiger partial charge >= 0.3 is 0 Å². The summed E-state index contributed by atoms with van der Waals surface area (Å²) in [6.07, 6.45) is -0.104. The molecule has 0 saturated carbocycles. The van der Waals surface area contributed by atoms with Crippen molar-refractivity contribution in [3.05, 3.63) is 54.3 Å². The molecule has 0 bridgehead atoms. The maximum atomic E-state index is 13.0. The number of thiocarbonyl (C=S) groups is 1. The van der Waals surface area contributed by atoms with Crippen molar-refractivity contribution >= 4 is 23.0 Å². The third-order valence-corrected chi connectivity index (χ3v) is 4.12. The lowest BCUT2D eigenvalue weighted by Crippen LogP contribution is -2.45. The van der Waals surface area contributed by atoms with Crippen LogP contribution in [-0.4, -0.2) is 35.8 Å². The number of anilines is 1. The highest BCUT2D eigenvalue weighted by Crippen LogP contribution is 2.31. The summed E-state index contributed by atoms with van der Waals surface area (Å²) in [5.41, 5.74) is 0.756. The Morgan fingerprint density at radius 1 is 1.21 bits per heavy atom. The van der Waals surface area contributed by atoms with Crippen molar-refractivity contribution in [2.45, 2.75) is 13.0 Å². The van der Waals surface area contributed by atoms with Gasteiger partial charge in [0.05, 0.1) is 6.54 Å². The van der Waals surface area contributed by atoms with Crippen LogP contribution in [0.4, 0.5) is 10.1 Å². The number of para-hydroxylation sites is 2. The standard InChI is InChI=1S/C18H19FN2O2S/c1-2-21(18(24)20-14-9-7-13(19)8-10-14)11-15-12-22-16-5-3-4-6-17(16)23-15/h3-10,15H,2,11-12H2,1H3,(H,20,24)/t15-/m0/s1. The number of halogens is 1. The van der Waals surface area contributed by atoms with E-state index in [-0.39, 0.29) is 11.9 Å². The summed E-state index contributed by atoms with van der Waals surface area (Å²) in [7, 11) is 0. The van der Waals surface area contributed by atoms with Crippen LogP contribution in [0.2, 0.25) is 0 Å². The quantitative estimate of drug-likeness (QED) is 0.854. The lowest BCUT2D eigenvalue weighted by molar-refractivity contribution is 0.0754. The lowest BCUT2D eigenvalue weighted by Gasteiger charge is -2.32. The molecular weight excluding hydrogens is 327 g/mol. The maximum absolute atomic E-state index is 13.0. The topological polar surface area (TPSA) is 33.7 Å². The van der Waals surface area contributed by atoms with Gasteiger partial charge in [-0.05, 0) is 55.5 Å². The van der Waals surface area contributed by atoms with Crippen molar-refractivity contribution in [3.8, 4) is 11.5 Å². The molecule has 24 heavy (non-hydrogen) atoms. The first-order valence-corrected chi connectivity index (χ1v) is 8.26. The van der Waals surface area contributed by atoms with Crippen molar-refractivity contribution < 1.29 is 13.9 Å². The fourth-order valence-electron chi connectivity index (χ4n) is 2.49. The zero-order chi connectivity index (χ0) is 16.9. The molecule has 0 unspecified atom stereocenters. The van der Waals surface area contributed by atoms with Gasteiger partial charge in [0.15, 0.2) is 22.7 Å². The van der Waals surface area contributed by atoms with Crippen molar-refractivity contribution in [1.82, 2.24) is 4.90 Å². The van der Waals surface area contributed by atoms with E-state index in [0.717, 1.165) is 23.7 Å². The third-order valence-electron chi connectivity index (χ3n) is 3.76. The number of nitrogens with one attached hydrogen (secondary N) is 1. The first-order valence-electron chi connectivity index (χ1n) is 7.85. The Morgan fingerprint density at radius 2 is 1.92 bits per heavy atom. The van der Waals surface area contributed by atoms with Gasteiger partial charge in [0.1, 0.15) is 12.4 Å². The van der Waals surface area contributed by atoms with Crippen LogP contribution < -0.4 is 14.8 Å². The molecule has 0 spiro atoms. The molecular formula is C18H19FN2O2S.